The number of aromatic nitrogens is 3. The van der Waals surface area contributed by atoms with Gasteiger partial charge in [0.05, 0.1) is 12.2 Å². The normalized spacial score (nSPS) is 25.1. The minimum absolute atomic E-state index is 0.101. The van der Waals surface area contributed by atoms with E-state index in [4.69, 9.17) is 9.47 Å². The number of rotatable bonds is 4. The predicted octanol–water partition coefficient (Wildman–Crippen LogP) is 0.151. The predicted molar refractivity (Wildman–Crippen MR) is 74.8 cm³/mol. The second-order valence-electron chi connectivity index (χ2n) is 5.09. The average Bonchev–Trinajstić information content (AvgIpc) is 3.08. The molecule has 2 aliphatic heterocycles. The number of H-pyrrole nitrogens is 1. The first-order chi connectivity index (χ1) is 10.3. The molecular formula is C14H14N4O3. The fourth-order valence-corrected chi connectivity index (χ4v) is 2.49. The van der Waals surface area contributed by atoms with Crippen molar-refractivity contribution in [3.05, 3.63) is 41.1 Å². The SMILES string of the molecule is [O-][NH+]1CC(=Cc2ncn[nH]2)c2c(OCC3CO3)cccc21. The van der Waals surface area contributed by atoms with Crippen LogP contribution in [0.25, 0.3) is 11.6 Å². The largest absolute Gasteiger partial charge is 0.629 e. The smallest absolute Gasteiger partial charge is 0.148 e. The van der Waals surface area contributed by atoms with E-state index in [1.807, 2.05) is 24.3 Å². The number of benzene rings is 1. The molecule has 0 aliphatic carbocycles. The summed E-state index contributed by atoms with van der Waals surface area (Å²) in [5.74, 6) is 1.35. The van der Waals surface area contributed by atoms with Gasteiger partial charge in [-0.05, 0) is 12.1 Å². The van der Waals surface area contributed by atoms with Gasteiger partial charge in [-0.3, -0.25) is 5.10 Å². The maximum absolute atomic E-state index is 12.1. The highest BCUT2D eigenvalue weighted by Crippen LogP contribution is 2.35. The Morgan fingerprint density at radius 1 is 1.52 bits per heavy atom. The van der Waals surface area contributed by atoms with Gasteiger partial charge in [0.25, 0.3) is 0 Å². The first-order valence-corrected chi connectivity index (χ1v) is 6.78. The molecule has 7 nitrogen and oxygen atoms in total. The van der Waals surface area contributed by atoms with Crippen LogP contribution in [0.3, 0.4) is 0 Å². The van der Waals surface area contributed by atoms with Crippen LogP contribution in [0.4, 0.5) is 5.69 Å². The fourth-order valence-electron chi connectivity index (χ4n) is 2.49. The molecule has 2 unspecified atom stereocenters. The summed E-state index contributed by atoms with van der Waals surface area (Å²) in [6, 6.07) is 5.56. The zero-order chi connectivity index (χ0) is 14.2. The van der Waals surface area contributed by atoms with E-state index in [1.165, 1.54) is 6.33 Å². The number of hydrogen-bond acceptors (Lipinski definition) is 5. The van der Waals surface area contributed by atoms with Crippen LogP contribution in [0.2, 0.25) is 0 Å². The highest BCUT2D eigenvalue weighted by molar-refractivity contribution is 5.89. The number of quaternary nitrogens is 1. The summed E-state index contributed by atoms with van der Waals surface area (Å²) in [7, 11) is 0. The van der Waals surface area contributed by atoms with E-state index in [-0.39, 0.29) is 11.2 Å². The molecule has 0 bridgehead atoms. The number of ether oxygens (including phenoxy) is 2. The van der Waals surface area contributed by atoms with Gasteiger partial charge in [-0.1, -0.05) is 6.07 Å². The number of hydroxylamine groups is 1. The summed E-state index contributed by atoms with van der Waals surface area (Å²) in [4.78, 5) is 4.08. The molecule has 1 saturated heterocycles. The standard InChI is InChI=1S/C14H14N4O3/c19-18-5-9(4-13-15-8-16-17-13)14-11(18)2-1-3-12(14)21-7-10-6-20-10/h1-4,8,10,18H,5-7H2,(H,15,16,17). The second-order valence-corrected chi connectivity index (χ2v) is 5.09. The van der Waals surface area contributed by atoms with Gasteiger partial charge < -0.3 is 19.7 Å². The van der Waals surface area contributed by atoms with Gasteiger partial charge >= 0.3 is 0 Å². The van der Waals surface area contributed by atoms with Gasteiger partial charge in [0, 0.05) is 11.6 Å². The molecule has 21 heavy (non-hydrogen) atoms. The van der Waals surface area contributed by atoms with Gasteiger partial charge in [-0.15, -0.1) is 0 Å². The molecule has 0 spiro atoms. The van der Waals surface area contributed by atoms with E-state index in [1.54, 1.807) is 0 Å². The topological polar surface area (TPSA) is 90.8 Å². The van der Waals surface area contributed by atoms with E-state index in [2.05, 4.69) is 15.2 Å². The highest BCUT2D eigenvalue weighted by atomic mass is 16.6. The molecule has 4 rings (SSSR count). The minimum atomic E-state index is 0.101. The van der Waals surface area contributed by atoms with Crippen molar-refractivity contribution in [2.45, 2.75) is 6.10 Å². The molecule has 7 heteroatoms. The van der Waals surface area contributed by atoms with Crippen molar-refractivity contribution in [2.24, 2.45) is 0 Å². The van der Waals surface area contributed by atoms with Crippen LogP contribution in [0.15, 0.2) is 24.5 Å². The van der Waals surface area contributed by atoms with Gasteiger partial charge in [-0.25, -0.2) is 4.98 Å². The third kappa shape index (κ3) is 2.42. The minimum Gasteiger partial charge on any atom is -0.629 e. The van der Waals surface area contributed by atoms with Crippen LogP contribution in [0.5, 0.6) is 5.75 Å². The number of aromatic amines is 1. The Balaban J connectivity index is 1.71. The molecule has 2 N–H and O–H groups in total. The Hall–Kier alpha value is -2.22. The monoisotopic (exact) mass is 286 g/mol. The Morgan fingerprint density at radius 2 is 2.43 bits per heavy atom. The quantitative estimate of drug-likeness (QED) is 0.617. The molecule has 0 radical (unpaired) electrons. The highest BCUT2D eigenvalue weighted by Gasteiger charge is 2.29. The molecule has 1 aromatic heterocycles. The van der Waals surface area contributed by atoms with Crippen molar-refractivity contribution in [2.75, 3.05) is 19.8 Å². The van der Waals surface area contributed by atoms with E-state index in [0.717, 1.165) is 23.5 Å². The number of fused-ring (bicyclic) bond motifs is 1. The molecule has 2 atom stereocenters. The number of nitrogens with zero attached hydrogens (tertiary/aromatic N) is 2. The van der Waals surface area contributed by atoms with E-state index in [0.29, 0.717) is 24.7 Å². The van der Waals surface area contributed by atoms with Gasteiger partial charge in [0.1, 0.15) is 42.8 Å². The van der Waals surface area contributed by atoms with Crippen molar-refractivity contribution < 1.29 is 14.5 Å². The third-order valence-corrected chi connectivity index (χ3v) is 3.57. The molecule has 1 fully saturated rings. The molecular weight excluding hydrogens is 272 g/mol. The lowest BCUT2D eigenvalue weighted by molar-refractivity contribution is -0.762. The zero-order valence-electron chi connectivity index (χ0n) is 11.2. The molecule has 0 saturated carbocycles. The van der Waals surface area contributed by atoms with Crippen molar-refractivity contribution in [1.82, 2.24) is 15.2 Å². The summed E-state index contributed by atoms with van der Waals surface area (Å²) >= 11 is 0. The molecule has 0 amide bonds. The summed E-state index contributed by atoms with van der Waals surface area (Å²) < 4.78 is 11.0. The lowest BCUT2D eigenvalue weighted by Gasteiger charge is -2.15. The molecule has 108 valence electrons. The van der Waals surface area contributed by atoms with E-state index in [9.17, 15) is 5.21 Å². The molecule has 3 heterocycles. The Kier molecular flexibility index (Phi) is 2.95. The third-order valence-electron chi connectivity index (χ3n) is 3.57. The van der Waals surface area contributed by atoms with Crippen molar-refractivity contribution >= 4 is 17.3 Å². The van der Waals surface area contributed by atoms with Crippen LogP contribution < -0.4 is 9.80 Å². The summed E-state index contributed by atoms with van der Waals surface area (Å²) in [5, 5.41) is 18.8. The fraction of sp³-hybridized carbons (Fsp3) is 0.286. The zero-order valence-corrected chi connectivity index (χ0v) is 11.2. The lowest BCUT2D eigenvalue weighted by atomic mass is 10.1. The van der Waals surface area contributed by atoms with Crippen molar-refractivity contribution in [3.8, 4) is 5.75 Å². The average molecular weight is 286 g/mol. The van der Waals surface area contributed by atoms with Gasteiger partial charge in [0.15, 0.2) is 0 Å². The van der Waals surface area contributed by atoms with Gasteiger partial charge in [-0.2, -0.15) is 5.10 Å². The molecule has 2 aromatic rings. The van der Waals surface area contributed by atoms with Crippen LogP contribution in [0, 0.1) is 5.21 Å². The second kappa shape index (κ2) is 4.96. The number of hydrogen-bond donors (Lipinski definition) is 2. The Bertz CT molecular complexity index is 680. The summed E-state index contributed by atoms with van der Waals surface area (Å²) in [6.07, 6.45) is 3.47. The maximum atomic E-state index is 12.1. The number of nitrogens with one attached hydrogen (secondary N) is 2. The van der Waals surface area contributed by atoms with Crippen LogP contribution in [-0.2, 0) is 4.74 Å². The van der Waals surface area contributed by atoms with Crippen LogP contribution in [0.1, 0.15) is 11.4 Å². The van der Waals surface area contributed by atoms with E-state index < -0.39 is 0 Å². The number of epoxide rings is 1. The molecule has 2 aliphatic rings. The first-order valence-electron chi connectivity index (χ1n) is 6.78. The van der Waals surface area contributed by atoms with Crippen LogP contribution >= 0.6 is 0 Å². The first kappa shape index (κ1) is 12.5. The Labute approximate surface area is 120 Å². The van der Waals surface area contributed by atoms with E-state index >= 15 is 0 Å². The maximum Gasteiger partial charge on any atom is 0.148 e. The van der Waals surface area contributed by atoms with Crippen LogP contribution in [-0.4, -0.2) is 41.0 Å². The van der Waals surface area contributed by atoms with Crippen molar-refractivity contribution in [3.63, 3.8) is 0 Å². The van der Waals surface area contributed by atoms with Crippen molar-refractivity contribution in [1.29, 1.82) is 0 Å². The summed E-state index contributed by atoms with van der Waals surface area (Å²) in [5.41, 5.74) is 2.47. The van der Waals surface area contributed by atoms with Gasteiger partial charge in [0.2, 0.25) is 0 Å². The summed E-state index contributed by atoms with van der Waals surface area (Å²) in [6.45, 7) is 1.62. The lowest BCUT2D eigenvalue weighted by Crippen LogP contribution is -3.00. The Morgan fingerprint density at radius 3 is 3.19 bits per heavy atom. The molecule has 1 aromatic carbocycles.